The van der Waals surface area contributed by atoms with E-state index >= 15 is 0 Å². The first-order valence-electron chi connectivity index (χ1n) is 11.0. The van der Waals surface area contributed by atoms with Crippen molar-refractivity contribution in [2.75, 3.05) is 46.4 Å². The van der Waals surface area contributed by atoms with E-state index in [2.05, 4.69) is 39.5 Å². The maximum Gasteiger partial charge on any atom is 0.234 e. The second kappa shape index (κ2) is 9.87. The van der Waals surface area contributed by atoms with Crippen LogP contribution in [0.2, 0.25) is 0 Å². The number of carbonyl (C=O) groups excluding carboxylic acids is 2. The smallest absolute Gasteiger partial charge is 0.234 e. The Bertz CT molecular complexity index is 1070. The van der Waals surface area contributed by atoms with Gasteiger partial charge in [-0.05, 0) is 29.3 Å². The topological polar surface area (TPSA) is 77.7 Å². The summed E-state index contributed by atoms with van der Waals surface area (Å²) in [4.78, 5) is 31.5. The highest BCUT2D eigenvalue weighted by Crippen LogP contribution is 2.31. The Hall–Kier alpha value is -3.32. The Morgan fingerprint density at radius 1 is 1.06 bits per heavy atom. The summed E-state index contributed by atoms with van der Waals surface area (Å²) in [6.45, 7) is 5.22. The van der Waals surface area contributed by atoms with Crippen LogP contribution in [0.4, 0.5) is 0 Å². The summed E-state index contributed by atoms with van der Waals surface area (Å²) in [5.74, 6) is 0.908. The van der Waals surface area contributed by atoms with Crippen LogP contribution in [0.15, 0.2) is 54.7 Å². The molecule has 0 bridgehead atoms. The van der Waals surface area contributed by atoms with Crippen molar-refractivity contribution in [3.8, 4) is 5.75 Å². The van der Waals surface area contributed by atoms with Crippen LogP contribution in [-0.2, 0) is 9.59 Å². The molecular weight excluding hydrogens is 404 g/mol. The molecule has 4 rings (SSSR count). The van der Waals surface area contributed by atoms with Gasteiger partial charge in [-0.15, -0.1) is 0 Å². The number of hydrogen-bond donors (Lipinski definition) is 2. The zero-order valence-electron chi connectivity index (χ0n) is 18.6. The molecule has 32 heavy (non-hydrogen) atoms. The first-order valence-corrected chi connectivity index (χ1v) is 11.0. The molecule has 7 heteroatoms. The summed E-state index contributed by atoms with van der Waals surface area (Å²) >= 11 is 0. The lowest BCUT2D eigenvalue weighted by atomic mass is 9.90. The first-order chi connectivity index (χ1) is 15.5. The van der Waals surface area contributed by atoms with Crippen molar-refractivity contribution >= 4 is 22.7 Å². The molecule has 0 saturated carbocycles. The number of ether oxygens (including phenoxy) is 1. The van der Waals surface area contributed by atoms with E-state index in [1.807, 2.05) is 35.4 Å². The number of hydrogen-bond acceptors (Lipinski definition) is 4. The fraction of sp³-hybridized carbons (Fsp3) is 0.360. The van der Waals surface area contributed by atoms with Gasteiger partial charge in [-0.25, -0.2) is 0 Å². The summed E-state index contributed by atoms with van der Waals surface area (Å²) in [7, 11) is 1.66. The average molecular weight is 435 g/mol. The second-order valence-electron chi connectivity index (χ2n) is 8.20. The third kappa shape index (κ3) is 4.94. The van der Waals surface area contributed by atoms with Gasteiger partial charge in [0.2, 0.25) is 11.8 Å². The molecule has 2 heterocycles. The molecule has 1 fully saturated rings. The number of piperazine rings is 1. The second-order valence-corrected chi connectivity index (χ2v) is 8.20. The van der Waals surface area contributed by atoms with Crippen LogP contribution < -0.4 is 10.1 Å². The molecule has 7 nitrogen and oxygen atoms in total. The number of amides is 2. The number of rotatable bonds is 7. The summed E-state index contributed by atoms with van der Waals surface area (Å²) in [5, 5.41) is 4.29. The van der Waals surface area contributed by atoms with E-state index in [9.17, 15) is 9.59 Å². The van der Waals surface area contributed by atoms with Crippen molar-refractivity contribution in [2.24, 2.45) is 0 Å². The first kappa shape index (κ1) is 21.9. The van der Waals surface area contributed by atoms with Crippen LogP contribution >= 0.6 is 0 Å². The van der Waals surface area contributed by atoms with Gasteiger partial charge in [0.1, 0.15) is 5.75 Å². The van der Waals surface area contributed by atoms with E-state index in [0.29, 0.717) is 26.2 Å². The number of benzene rings is 2. The molecule has 3 aromatic rings. The van der Waals surface area contributed by atoms with Crippen LogP contribution in [-0.4, -0.2) is 73.0 Å². The minimum atomic E-state index is -0.000344. The summed E-state index contributed by atoms with van der Waals surface area (Å²) in [6.07, 6.45) is 2.03. The van der Waals surface area contributed by atoms with Gasteiger partial charge in [0, 0.05) is 62.7 Å². The summed E-state index contributed by atoms with van der Waals surface area (Å²) in [5.41, 5.74) is 3.35. The standard InChI is InChI=1S/C25H30N4O3/c1-18(30)29-13-11-28(12-14-29)17-25(31)27-15-22(19-7-9-20(32-2)10-8-19)23-16-26-24-6-4-3-5-21(23)24/h3-10,16,22,26H,11-15,17H2,1-2H3,(H,27,31). The predicted molar refractivity (Wildman–Crippen MR) is 125 cm³/mol. The Morgan fingerprint density at radius 3 is 2.47 bits per heavy atom. The Kier molecular flexibility index (Phi) is 6.75. The van der Waals surface area contributed by atoms with E-state index in [1.54, 1.807) is 14.0 Å². The number of nitrogens with one attached hydrogen (secondary N) is 2. The van der Waals surface area contributed by atoms with E-state index in [1.165, 1.54) is 0 Å². The highest BCUT2D eigenvalue weighted by Gasteiger charge is 2.22. The third-order valence-electron chi connectivity index (χ3n) is 6.20. The molecule has 0 spiro atoms. The number of para-hydroxylation sites is 1. The average Bonchev–Trinajstić information content (AvgIpc) is 3.24. The summed E-state index contributed by atoms with van der Waals surface area (Å²) < 4.78 is 5.31. The zero-order valence-corrected chi connectivity index (χ0v) is 18.6. The molecule has 0 aliphatic carbocycles. The molecule has 2 N–H and O–H groups in total. The van der Waals surface area contributed by atoms with E-state index in [4.69, 9.17) is 4.74 Å². The lowest BCUT2D eigenvalue weighted by Gasteiger charge is -2.33. The van der Waals surface area contributed by atoms with Crippen LogP contribution in [0.5, 0.6) is 5.75 Å². The highest BCUT2D eigenvalue weighted by molar-refractivity contribution is 5.84. The van der Waals surface area contributed by atoms with E-state index in [0.717, 1.165) is 40.9 Å². The van der Waals surface area contributed by atoms with Gasteiger partial charge in [0.15, 0.2) is 0 Å². The summed E-state index contributed by atoms with van der Waals surface area (Å²) in [6, 6.07) is 16.2. The Morgan fingerprint density at radius 2 is 1.78 bits per heavy atom. The van der Waals surface area contributed by atoms with Gasteiger partial charge < -0.3 is 19.9 Å². The Balaban J connectivity index is 1.46. The number of fused-ring (bicyclic) bond motifs is 1. The number of aromatic amines is 1. The third-order valence-corrected chi connectivity index (χ3v) is 6.20. The van der Waals surface area contributed by atoms with Crippen molar-refractivity contribution in [2.45, 2.75) is 12.8 Å². The van der Waals surface area contributed by atoms with Gasteiger partial charge in [0.05, 0.1) is 13.7 Å². The molecule has 1 atom stereocenters. The maximum absolute atomic E-state index is 12.7. The fourth-order valence-electron chi connectivity index (χ4n) is 4.32. The lowest BCUT2D eigenvalue weighted by Crippen LogP contribution is -2.50. The van der Waals surface area contributed by atoms with Gasteiger partial charge in [-0.3, -0.25) is 14.5 Å². The number of H-pyrrole nitrogens is 1. The minimum Gasteiger partial charge on any atom is -0.497 e. The molecule has 1 aromatic heterocycles. The van der Waals surface area contributed by atoms with Crippen LogP contribution in [0, 0.1) is 0 Å². The lowest BCUT2D eigenvalue weighted by molar-refractivity contribution is -0.131. The zero-order chi connectivity index (χ0) is 22.5. The van der Waals surface area contributed by atoms with Crippen molar-refractivity contribution in [3.63, 3.8) is 0 Å². The minimum absolute atomic E-state index is 0.000344. The fourth-order valence-corrected chi connectivity index (χ4v) is 4.32. The van der Waals surface area contributed by atoms with E-state index in [-0.39, 0.29) is 17.7 Å². The van der Waals surface area contributed by atoms with Gasteiger partial charge in [-0.1, -0.05) is 30.3 Å². The Labute approximate surface area is 188 Å². The van der Waals surface area contributed by atoms with E-state index < -0.39 is 0 Å². The van der Waals surface area contributed by atoms with Crippen LogP contribution in [0.25, 0.3) is 10.9 Å². The van der Waals surface area contributed by atoms with Crippen molar-refractivity contribution in [3.05, 3.63) is 65.9 Å². The van der Waals surface area contributed by atoms with Crippen LogP contribution in [0.3, 0.4) is 0 Å². The SMILES string of the molecule is COc1ccc(C(CNC(=O)CN2CCN(C(C)=O)CC2)c2c[nH]c3ccccc23)cc1. The molecule has 0 radical (unpaired) electrons. The molecular formula is C25H30N4O3. The highest BCUT2D eigenvalue weighted by atomic mass is 16.5. The number of carbonyl (C=O) groups is 2. The normalized spacial score (nSPS) is 15.5. The van der Waals surface area contributed by atoms with Gasteiger partial charge >= 0.3 is 0 Å². The molecule has 2 aromatic carbocycles. The molecule has 1 aliphatic heterocycles. The molecule has 168 valence electrons. The predicted octanol–water partition coefficient (Wildman–Crippen LogP) is 2.59. The molecule has 1 unspecified atom stereocenters. The molecule has 2 amide bonds. The largest absolute Gasteiger partial charge is 0.497 e. The quantitative estimate of drug-likeness (QED) is 0.599. The van der Waals surface area contributed by atoms with Crippen molar-refractivity contribution in [1.29, 1.82) is 0 Å². The van der Waals surface area contributed by atoms with Crippen molar-refractivity contribution < 1.29 is 14.3 Å². The number of aromatic nitrogens is 1. The van der Waals surface area contributed by atoms with Gasteiger partial charge in [-0.2, -0.15) is 0 Å². The van der Waals surface area contributed by atoms with Crippen LogP contribution in [0.1, 0.15) is 24.0 Å². The molecule has 1 aliphatic rings. The monoisotopic (exact) mass is 434 g/mol. The van der Waals surface area contributed by atoms with Gasteiger partial charge in [0.25, 0.3) is 0 Å². The number of nitrogens with zero attached hydrogens (tertiary/aromatic N) is 2. The maximum atomic E-state index is 12.7. The number of methoxy groups -OCH3 is 1. The van der Waals surface area contributed by atoms with Crippen molar-refractivity contribution in [1.82, 2.24) is 20.1 Å². The molecule has 1 saturated heterocycles.